The second-order valence-electron chi connectivity index (χ2n) is 4.61. The Labute approximate surface area is 137 Å². The molecule has 0 spiro atoms. The Hall–Kier alpha value is -2.86. The highest BCUT2D eigenvalue weighted by Crippen LogP contribution is 2.20. The summed E-state index contributed by atoms with van der Waals surface area (Å²) in [6.45, 7) is -0.0947. The summed E-state index contributed by atoms with van der Waals surface area (Å²) in [5, 5.41) is 10.8. The minimum atomic E-state index is -0.256. The lowest BCUT2D eigenvalue weighted by atomic mass is 10.2. The van der Waals surface area contributed by atoms with Crippen molar-refractivity contribution in [1.29, 1.82) is 0 Å². The first kappa shape index (κ1) is 15.1. The van der Waals surface area contributed by atoms with E-state index in [0.29, 0.717) is 22.4 Å². The molecular formula is C16H12ClN3O3. The summed E-state index contributed by atoms with van der Waals surface area (Å²) in [5.41, 5.74) is 1.44. The minimum Gasteiger partial charge on any atom is -0.484 e. The van der Waals surface area contributed by atoms with Gasteiger partial charge in [-0.1, -0.05) is 11.6 Å². The van der Waals surface area contributed by atoms with Gasteiger partial charge in [-0.25, -0.2) is 0 Å². The highest BCUT2D eigenvalue weighted by molar-refractivity contribution is 6.30. The Morgan fingerprint density at radius 2 is 1.87 bits per heavy atom. The third-order valence-electron chi connectivity index (χ3n) is 2.96. The van der Waals surface area contributed by atoms with Gasteiger partial charge in [-0.3, -0.25) is 4.79 Å². The zero-order valence-electron chi connectivity index (χ0n) is 11.9. The molecule has 0 saturated carbocycles. The fraction of sp³-hybridized carbons (Fsp3) is 0.0625. The van der Waals surface area contributed by atoms with Gasteiger partial charge in [-0.05, 0) is 48.5 Å². The quantitative estimate of drug-likeness (QED) is 0.776. The van der Waals surface area contributed by atoms with Gasteiger partial charge in [0.05, 0.1) is 0 Å². The number of benzene rings is 2. The fourth-order valence-corrected chi connectivity index (χ4v) is 2.00. The van der Waals surface area contributed by atoms with Crippen molar-refractivity contribution >= 4 is 23.2 Å². The summed E-state index contributed by atoms with van der Waals surface area (Å²) in [6, 6.07) is 13.9. The largest absolute Gasteiger partial charge is 0.484 e. The van der Waals surface area contributed by atoms with Crippen molar-refractivity contribution in [1.82, 2.24) is 10.2 Å². The van der Waals surface area contributed by atoms with Crippen molar-refractivity contribution in [3.8, 4) is 17.2 Å². The van der Waals surface area contributed by atoms with Crippen molar-refractivity contribution in [2.24, 2.45) is 0 Å². The van der Waals surface area contributed by atoms with Crippen LogP contribution in [0.25, 0.3) is 11.5 Å². The van der Waals surface area contributed by atoms with Crippen LogP contribution in [0.15, 0.2) is 59.3 Å². The third kappa shape index (κ3) is 4.08. The molecule has 0 atom stereocenters. The molecular weight excluding hydrogens is 318 g/mol. The standard InChI is InChI=1S/C16H12ClN3O3/c17-12-3-5-13(6-4-12)19-15(21)9-22-14-7-1-11(2-8-14)16-20-18-10-23-16/h1-8,10H,9H2,(H,19,21). The number of hydrogen-bond acceptors (Lipinski definition) is 5. The average Bonchev–Trinajstić information content (AvgIpc) is 3.10. The topological polar surface area (TPSA) is 77.2 Å². The molecule has 1 amide bonds. The van der Waals surface area contributed by atoms with E-state index in [1.165, 1.54) is 6.39 Å². The Morgan fingerprint density at radius 3 is 2.52 bits per heavy atom. The Bertz CT molecular complexity index is 771. The number of anilines is 1. The number of carbonyl (C=O) groups is 1. The normalized spacial score (nSPS) is 10.3. The van der Waals surface area contributed by atoms with Crippen LogP contribution in [0, 0.1) is 0 Å². The van der Waals surface area contributed by atoms with E-state index in [2.05, 4.69) is 15.5 Å². The van der Waals surface area contributed by atoms with Gasteiger partial charge < -0.3 is 14.5 Å². The summed E-state index contributed by atoms with van der Waals surface area (Å²) in [4.78, 5) is 11.8. The van der Waals surface area contributed by atoms with Crippen molar-refractivity contribution in [2.75, 3.05) is 11.9 Å². The first-order valence-electron chi connectivity index (χ1n) is 6.75. The van der Waals surface area contributed by atoms with Crippen LogP contribution in [0.1, 0.15) is 0 Å². The van der Waals surface area contributed by atoms with Gasteiger partial charge in [0, 0.05) is 16.3 Å². The van der Waals surface area contributed by atoms with Crippen molar-refractivity contribution in [3.05, 3.63) is 59.9 Å². The van der Waals surface area contributed by atoms with Crippen LogP contribution < -0.4 is 10.1 Å². The number of carbonyl (C=O) groups excluding carboxylic acids is 1. The smallest absolute Gasteiger partial charge is 0.262 e. The molecule has 0 aliphatic rings. The molecule has 3 aromatic rings. The van der Waals surface area contributed by atoms with Crippen molar-refractivity contribution < 1.29 is 13.9 Å². The number of amides is 1. The first-order valence-corrected chi connectivity index (χ1v) is 7.13. The van der Waals surface area contributed by atoms with E-state index in [9.17, 15) is 4.79 Å². The SMILES string of the molecule is O=C(COc1ccc(-c2nnco2)cc1)Nc1ccc(Cl)cc1. The number of ether oxygens (including phenoxy) is 1. The average molecular weight is 330 g/mol. The molecule has 0 aliphatic carbocycles. The Morgan fingerprint density at radius 1 is 1.13 bits per heavy atom. The molecule has 2 aromatic carbocycles. The van der Waals surface area contributed by atoms with E-state index in [4.69, 9.17) is 20.8 Å². The molecule has 0 radical (unpaired) electrons. The van der Waals surface area contributed by atoms with E-state index < -0.39 is 0 Å². The molecule has 0 unspecified atom stereocenters. The molecule has 0 fully saturated rings. The van der Waals surface area contributed by atoms with Crippen LogP contribution in [0.4, 0.5) is 5.69 Å². The summed E-state index contributed by atoms with van der Waals surface area (Å²) in [6.07, 6.45) is 1.26. The number of hydrogen-bond donors (Lipinski definition) is 1. The predicted molar refractivity (Wildman–Crippen MR) is 85.3 cm³/mol. The fourth-order valence-electron chi connectivity index (χ4n) is 1.87. The first-order chi connectivity index (χ1) is 11.2. The summed E-state index contributed by atoms with van der Waals surface area (Å²) < 4.78 is 10.5. The monoisotopic (exact) mass is 329 g/mol. The molecule has 23 heavy (non-hydrogen) atoms. The number of aromatic nitrogens is 2. The molecule has 0 aliphatic heterocycles. The lowest BCUT2D eigenvalue weighted by Crippen LogP contribution is -2.20. The lowest BCUT2D eigenvalue weighted by molar-refractivity contribution is -0.118. The van der Waals surface area contributed by atoms with Crippen molar-refractivity contribution in [3.63, 3.8) is 0 Å². The van der Waals surface area contributed by atoms with Crippen LogP contribution >= 0.6 is 11.6 Å². The van der Waals surface area contributed by atoms with E-state index in [1.54, 1.807) is 48.5 Å². The zero-order valence-corrected chi connectivity index (χ0v) is 12.7. The van der Waals surface area contributed by atoms with E-state index in [0.717, 1.165) is 5.56 Å². The summed E-state index contributed by atoms with van der Waals surface area (Å²) in [5.74, 6) is 0.741. The predicted octanol–water partition coefficient (Wildman–Crippen LogP) is 3.41. The van der Waals surface area contributed by atoms with Gasteiger partial charge in [0.2, 0.25) is 12.3 Å². The van der Waals surface area contributed by atoms with E-state index in [-0.39, 0.29) is 12.5 Å². The van der Waals surface area contributed by atoms with Crippen LogP contribution in [0.3, 0.4) is 0 Å². The number of halogens is 1. The molecule has 0 bridgehead atoms. The lowest BCUT2D eigenvalue weighted by Gasteiger charge is -2.08. The molecule has 1 aromatic heterocycles. The Balaban J connectivity index is 1.53. The number of nitrogens with one attached hydrogen (secondary N) is 1. The zero-order chi connectivity index (χ0) is 16.1. The number of nitrogens with zero attached hydrogens (tertiary/aromatic N) is 2. The maximum Gasteiger partial charge on any atom is 0.262 e. The Kier molecular flexibility index (Phi) is 4.54. The van der Waals surface area contributed by atoms with E-state index in [1.807, 2.05) is 0 Å². The van der Waals surface area contributed by atoms with Gasteiger partial charge >= 0.3 is 0 Å². The molecule has 1 heterocycles. The molecule has 6 nitrogen and oxygen atoms in total. The number of rotatable bonds is 5. The van der Waals surface area contributed by atoms with Gasteiger partial charge in [0.1, 0.15) is 5.75 Å². The molecule has 0 saturated heterocycles. The van der Waals surface area contributed by atoms with Crippen LogP contribution in [0.5, 0.6) is 5.75 Å². The molecule has 3 rings (SSSR count). The maximum absolute atomic E-state index is 11.8. The highest BCUT2D eigenvalue weighted by Gasteiger charge is 2.06. The second-order valence-corrected chi connectivity index (χ2v) is 5.05. The van der Waals surface area contributed by atoms with Gasteiger partial charge in [-0.2, -0.15) is 0 Å². The maximum atomic E-state index is 11.8. The van der Waals surface area contributed by atoms with Crippen LogP contribution in [-0.4, -0.2) is 22.7 Å². The van der Waals surface area contributed by atoms with Gasteiger partial charge in [0.25, 0.3) is 5.91 Å². The van der Waals surface area contributed by atoms with Crippen molar-refractivity contribution in [2.45, 2.75) is 0 Å². The van der Waals surface area contributed by atoms with Crippen LogP contribution in [-0.2, 0) is 4.79 Å². The highest BCUT2D eigenvalue weighted by atomic mass is 35.5. The summed E-state index contributed by atoms with van der Waals surface area (Å²) in [7, 11) is 0. The molecule has 116 valence electrons. The van der Waals surface area contributed by atoms with E-state index >= 15 is 0 Å². The second kappa shape index (κ2) is 6.93. The minimum absolute atomic E-state index is 0.0947. The molecule has 1 N–H and O–H groups in total. The third-order valence-corrected chi connectivity index (χ3v) is 3.21. The van der Waals surface area contributed by atoms with Gasteiger partial charge in [0.15, 0.2) is 6.61 Å². The summed E-state index contributed by atoms with van der Waals surface area (Å²) >= 11 is 5.79. The van der Waals surface area contributed by atoms with Gasteiger partial charge in [-0.15, -0.1) is 10.2 Å². The molecule has 7 heteroatoms. The van der Waals surface area contributed by atoms with Crippen LogP contribution in [0.2, 0.25) is 5.02 Å².